The van der Waals surface area contributed by atoms with Gasteiger partial charge in [-0.25, -0.2) is 0 Å². The highest BCUT2D eigenvalue weighted by Crippen LogP contribution is 2.24. The van der Waals surface area contributed by atoms with Crippen molar-refractivity contribution >= 4 is 44.4 Å². The molecule has 72 valence electrons. The third-order valence-corrected chi connectivity index (χ3v) is 3.37. The van der Waals surface area contributed by atoms with Crippen LogP contribution in [0.15, 0.2) is 42.7 Å². The Kier molecular flexibility index (Phi) is 2.05. The average molecular weight is 306 g/mol. The zero-order valence-corrected chi connectivity index (χ0v) is 9.97. The van der Waals surface area contributed by atoms with Gasteiger partial charge in [0.05, 0.1) is 11.0 Å². The second-order valence-electron chi connectivity index (χ2n) is 3.33. The van der Waals surface area contributed by atoms with Crippen molar-refractivity contribution in [3.63, 3.8) is 0 Å². The summed E-state index contributed by atoms with van der Waals surface area (Å²) in [4.78, 5) is 8.85. The summed E-state index contributed by atoms with van der Waals surface area (Å²) >= 11 is 2.31. The topological polar surface area (TPSA) is 25.8 Å². The van der Waals surface area contributed by atoms with Crippen molar-refractivity contribution in [1.29, 1.82) is 0 Å². The predicted octanol–water partition coefficient (Wildman–Crippen LogP) is 3.39. The second-order valence-corrected chi connectivity index (χ2v) is 4.49. The first-order valence-electron chi connectivity index (χ1n) is 4.64. The Morgan fingerprint density at radius 2 is 1.80 bits per heavy atom. The maximum absolute atomic E-state index is 4.43. The number of benzene rings is 1. The number of pyridine rings is 2. The van der Waals surface area contributed by atoms with Crippen LogP contribution in [0.3, 0.4) is 0 Å². The zero-order valence-electron chi connectivity index (χ0n) is 7.81. The van der Waals surface area contributed by atoms with Crippen LogP contribution in [0.25, 0.3) is 21.8 Å². The Labute approximate surface area is 100 Å². The fourth-order valence-corrected chi connectivity index (χ4v) is 2.26. The largest absolute Gasteiger partial charge is 0.255 e. The number of rotatable bonds is 0. The van der Waals surface area contributed by atoms with E-state index < -0.39 is 0 Å². The van der Waals surface area contributed by atoms with E-state index >= 15 is 0 Å². The lowest BCUT2D eigenvalue weighted by Crippen LogP contribution is -1.86. The SMILES string of the molecule is Ic1ccnc2c1cnc1ccccc12. The van der Waals surface area contributed by atoms with Gasteiger partial charge in [0.2, 0.25) is 0 Å². The van der Waals surface area contributed by atoms with Crippen molar-refractivity contribution in [2.75, 3.05) is 0 Å². The highest BCUT2D eigenvalue weighted by molar-refractivity contribution is 14.1. The van der Waals surface area contributed by atoms with E-state index in [1.165, 1.54) is 3.57 Å². The van der Waals surface area contributed by atoms with E-state index in [0.717, 1.165) is 21.8 Å². The Hall–Kier alpha value is -1.23. The van der Waals surface area contributed by atoms with Gasteiger partial charge in [-0.1, -0.05) is 18.2 Å². The molecule has 0 spiro atoms. The van der Waals surface area contributed by atoms with Gasteiger partial charge in [-0.15, -0.1) is 0 Å². The number of para-hydroxylation sites is 1. The van der Waals surface area contributed by atoms with Crippen molar-refractivity contribution in [3.05, 3.63) is 46.3 Å². The molecule has 0 amide bonds. The van der Waals surface area contributed by atoms with Crippen LogP contribution < -0.4 is 0 Å². The quantitative estimate of drug-likeness (QED) is 0.470. The van der Waals surface area contributed by atoms with E-state index in [9.17, 15) is 0 Å². The summed E-state index contributed by atoms with van der Waals surface area (Å²) in [5.41, 5.74) is 2.03. The number of halogens is 1. The van der Waals surface area contributed by atoms with Gasteiger partial charge < -0.3 is 0 Å². The molecule has 0 radical (unpaired) electrons. The molecule has 0 aliphatic rings. The molecular formula is C12H7IN2. The van der Waals surface area contributed by atoms with Crippen LogP contribution in [0.1, 0.15) is 0 Å². The third kappa shape index (κ3) is 1.38. The highest BCUT2D eigenvalue weighted by atomic mass is 127. The fourth-order valence-electron chi connectivity index (χ4n) is 1.71. The standard InChI is InChI=1S/C12H7IN2/c13-10-5-6-14-12-8-3-1-2-4-11(8)15-7-9(10)12/h1-7H. The minimum Gasteiger partial charge on any atom is -0.255 e. The van der Waals surface area contributed by atoms with Gasteiger partial charge in [-0.05, 0) is 34.7 Å². The Morgan fingerprint density at radius 3 is 2.73 bits per heavy atom. The summed E-state index contributed by atoms with van der Waals surface area (Å²) in [6, 6.07) is 10.1. The lowest BCUT2D eigenvalue weighted by Gasteiger charge is -2.02. The zero-order chi connectivity index (χ0) is 10.3. The average Bonchev–Trinajstić information content (AvgIpc) is 2.29. The fraction of sp³-hybridized carbons (Fsp3) is 0. The molecule has 0 bridgehead atoms. The maximum Gasteiger partial charge on any atom is 0.0822 e. The van der Waals surface area contributed by atoms with E-state index in [0.29, 0.717) is 0 Å². The first-order valence-corrected chi connectivity index (χ1v) is 5.72. The molecule has 0 fully saturated rings. The number of aromatic nitrogens is 2. The van der Waals surface area contributed by atoms with Gasteiger partial charge in [0.15, 0.2) is 0 Å². The van der Waals surface area contributed by atoms with Crippen LogP contribution in [-0.2, 0) is 0 Å². The van der Waals surface area contributed by atoms with Crippen LogP contribution in [0.4, 0.5) is 0 Å². The number of fused-ring (bicyclic) bond motifs is 3. The molecule has 3 aromatic rings. The van der Waals surface area contributed by atoms with E-state index in [4.69, 9.17) is 0 Å². The van der Waals surface area contributed by atoms with Crippen molar-refractivity contribution in [3.8, 4) is 0 Å². The van der Waals surface area contributed by atoms with Gasteiger partial charge in [0.1, 0.15) is 0 Å². The minimum absolute atomic E-state index is 1.000. The normalized spacial score (nSPS) is 11.0. The van der Waals surface area contributed by atoms with Crippen LogP contribution in [0.2, 0.25) is 0 Å². The van der Waals surface area contributed by atoms with Gasteiger partial charge >= 0.3 is 0 Å². The van der Waals surface area contributed by atoms with Crippen molar-refractivity contribution < 1.29 is 0 Å². The highest BCUT2D eigenvalue weighted by Gasteiger charge is 2.03. The summed E-state index contributed by atoms with van der Waals surface area (Å²) in [6.45, 7) is 0. The van der Waals surface area contributed by atoms with Crippen LogP contribution in [-0.4, -0.2) is 9.97 Å². The molecule has 3 heteroatoms. The van der Waals surface area contributed by atoms with Crippen LogP contribution in [0.5, 0.6) is 0 Å². The number of hydrogen-bond acceptors (Lipinski definition) is 2. The monoisotopic (exact) mass is 306 g/mol. The Morgan fingerprint density at radius 1 is 0.933 bits per heavy atom. The summed E-state index contributed by atoms with van der Waals surface area (Å²) in [6.07, 6.45) is 3.74. The van der Waals surface area contributed by atoms with E-state index in [2.05, 4.69) is 38.6 Å². The molecular weight excluding hydrogens is 299 g/mol. The van der Waals surface area contributed by atoms with E-state index in [-0.39, 0.29) is 0 Å². The second kappa shape index (κ2) is 3.41. The van der Waals surface area contributed by atoms with Crippen molar-refractivity contribution in [2.24, 2.45) is 0 Å². The van der Waals surface area contributed by atoms with Crippen molar-refractivity contribution in [2.45, 2.75) is 0 Å². The molecule has 0 unspecified atom stereocenters. The molecule has 1 aromatic carbocycles. The summed E-state index contributed by atoms with van der Waals surface area (Å²) < 4.78 is 1.19. The molecule has 0 N–H and O–H groups in total. The number of nitrogens with zero attached hydrogens (tertiary/aromatic N) is 2. The Balaban J connectivity index is 2.60. The molecule has 3 rings (SSSR count). The molecule has 2 aromatic heterocycles. The lowest BCUT2D eigenvalue weighted by molar-refractivity contribution is 1.37. The third-order valence-electron chi connectivity index (χ3n) is 2.43. The predicted molar refractivity (Wildman–Crippen MR) is 69.8 cm³/mol. The van der Waals surface area contributed by atoms with Crippen LogP contribution >= 0.6 is 22.6 Å². The molecule has 0 saturated carbocycles. The van der Waals surface area contributed by atoms with Gasteiger partial charge in [-0.3, -0.25) is 9.97 Å². The van der Waals surface area contributed by atoms with Gasteiger partial charge in [0.25, 0.3) is 0 Å². The maximum atomic E-state index is 4.43. The van der Waals surface area contributed by atoms with Crippen molar-refractivity contribution in [1.82, 2.24) is 9.97 Å². The molecule has 0 saturated heterocycles. The molecule has 0 aliphatic heterocycles. The first kappa shape index (κ1) is 9.03. The molecule has 2 nitrogen and oxygen atoms in total. The van der Waals surface area contributed by atoms with Crippen LogP contribution in [0, 0.1) is 3.57 Å². The summed E-state index contributed by atoms with van der Waals surface area (Å²) in [7, 11) is 0. The molecule has 2 heterocycles. The van der Waals surface area contributed by atoms with Gasteiger partial charge in [0, 0.05) is 26.7 Å². The van der Waals surface area contributed by atoms with E-state index in [1.807, 2.05) is 36.7 Å². The first-order chi connectivity index (χ1) is 7.36. The molecule has 15 heavy (non-hydrogen) atoms. The Bertz CT molecular complexity index is 649. The summed E-state index contributed by atoms with van der Waals surface area (Å²) in [5, 5.41) is 2.24. The smallest absolute Gasteiger partial charge is 0.0822 e. The van der Waals surface area contributed by atoms with Gasteiger partial charge in [-0.2, -0.15) is 0 Å². The number of hydrogen-bond donors (Lipinski definition) is 0. The molecule has 0 aliphatic carbocycles. The van der Waals surface area contributed by atoms with E-state index in [1.54, 1.807) is 0 Å². The lowest BCUT2D eigenvalue weighted by atomic mass is 10.1. The minimum atomic E-state index is 1.000. The molecule has 0 atom stereocenters. The summed E-state index contributed by atoms with van der Waals surface area (Å²) in [5.74, 6) is 0.